The van der Waals surface area contributed by atoms with Gasteiger partial charge in [0.2, 0.25) is 0 Å². The molecule has 116 valence electrons. The monoisotopic (exact) mass is 309 g/mol. The van der Waals surface area contributed by atoms with Crippen LogP contribution in [0.2, 0.25) is 0 Å². The lowest BCUT2D eigenvalue weighted by molar-refractivity contribution is -0.137. The summed E-state index contributed by atoms with van der Waals surface area (Å²) in [5.41, 5.74) is -0.315. The van der Waals surface area contributed by atoms with Gasteiger partial charge in [0.15, 0.2) is 5.01 Å². The van der Waals surface area contributed by atoms with Crippen molar-refractivity contribution in [3.8, 4) is 0 Å². The lowest BCUT2D eigenvalue weighted by Crippen LogP contribution is -2.49. The van der Waals surface area contributed by atoms with E-state index < -0.39 is 11.2 Å². The Morgan fingerprint density at radius 2 is 1.95 bits per heavy atom. The van der Waals surface area contributed by atoms with E-state index in [1.54, 1.807) is 0 Å². The first-order chi connectivity index (χ1) is 9.10. The number of aromatic nitrogens is 1. The molecule has 0 amide bonds. The lowest BCUT2D eigenvalue weighted by atomic mass is 9.92. The van der Waals surface area contributed by atoms with E-state index in [1.807, 2.05) is 39.8 Å². The number of hydrogen-bond donors (Lipinski definition) is 1. The maximum atomic E-state index is 12.7. The van der Waals surface area contributed by atoms with Crippen LogP contribution in [0.3, 0.4) is 0 Å². The molecule has 1 N–H and O–H groups in total. The molecule has 0 saturated carbocycles. The predicted octanol–water partition coefficient (Wildman–Crippen LogP) is 3.54. The van der Waals surface area contributed by atoms with Crippen LogP contribution < -0.4 is 5.32 Å². The molecule has 1 rings (SSSR count). The maximum Gasteiger partial charge on any atom is 0.443 e. The van der Waals surface area contributed by atoms with Crippen LogP contribution in [-0.4, -0.2) is 36.1 Å². The molecule has 7 heteroatoms. The molecule has 0 radical (unpaired) electrons. The van der Waals surface area contributed by atoms with E-state index in [0.717, 1.165) is 24.3 Å². The van der Waals surface area contributed by atoms with Crippen molar-refractivity contribution in [3.63, 3.8) is 0 Å². The Kier molecular flexibility index (Phi) is 5.57. The molecule has 3 nitrogen and oxygen atoms in total. The van der Waals surface area contributed by atoms with E-state index >= 15 is 0 Å². The molecule has 0 spiro atoms. The van der Waals surface area contributed by atoms with Crippen molar-refractivity contribution in [1.82, 2.24) is 15.2 Å². The fourth-order valence-electron chi connectivity index (χ4n) is 1.80. The molecular weight excluding hydrogens is 287 g/mol. The van der Waals surface area contributed by atoms with Gasteiger partial charge in [-0.25, -0.2) is 4.98 Å². The van der Waals surface area contributed by atoms with Crippen molar-refractivity contribution >= 4 is 11.3 Å². The number of nitrogens with one attached hydrogen (secondary N) is 1. The smallest absolute Gasteiger partial charge is 0.308 e. The van der Waals surface area contributed by atoms with E-state index in [1.165, 1.54) is 6.20 Å². The molecular formula is C13H22F3N3S. The van der Waals surface area contributed by atoms with Crippen molar-refractivity contribution in [3.05, 3.63) is 16.1 Å². The summed E-state index contributed by atoms with van der Waals surface area (Å²) in [6.07, 6.45) is -2.11. The largest absolute Gasteiger partial charge is 0.443 e. The summed E-state index contributed by atoms with van der Waals surface area (Å²) in [4.78, 5) is 6.15. The van der Waals surface area contributed by atoms with Crippen LogP contribution in [0.4, 0.5) is 13.2 Å². The number of rotatable bonds is 6. The Morgan fingerprint density at radius 3 is 2.35 bits per heavy atom. The molecule has 0 aliphatic carbocycles. The molecule has 1 atom stereocenters. The standard InChI is InChI=1S/C13H22F3N3S/c1-6-7-17-10(12(2,3)19(4)5)9-8-18-11(20-9)13(14,15)16/h8,10,17H,6-7H2,1-5H3. The Balaban J connectivity index is 3.08. The molecule has 0 bridgehead atoms. The highest BCUT2D eigenvalue weighted by molar-refractivity contribution is 7.11. The van der Waals surface area contributed by atoms with E-state index in [9.17, 15) is 13.2 Å². The van der Waals surface area contributed by atoms with Gasteiger partial charge in [0, 0.05) is 16.6 Å². The van der Waals surface area contributed by atoms with Crippen LogP contribution in [0.25, 0.3) is 0 Å². The molecule has 1 aromatic heterocycles. The summed E-state index contributed by atoms with van der Waals surface area (Å²) < 4.78 is 38.1. The van der Waals surface area contributed by atoms with Gasteiger partial charge >= 0.3 is 6.18 Å². The lowest BCUT2D eigenvalue weighted by Gasteiger charge is -2.40. The van der Waals surface area contributed by atoms with Gasteiger partial charge in [-0.1, -0.05) is 6.92 Å². The third-order valence-corrected chi connectivity index (χ3v) is 4.62. The fourth-order valence-corrected chi connectivity index (χ4v) is 2.84. The molecule has 1 aromatic rings. The number of nitrogens with zero attached hydrogens (tertiary/aromatic N) is 2. The number of alkyl halides is 3. The predicted molar refractivity (Wildman–Crippen MR) is 75.9 cm³/mol. The van der Waals surface area contributed by atoms with Crippen LogP contribution in [0.15, 0.2) is 6.20 Å². The number of thiazole rings is 1. The number of likely N-dealkylation sites (N-methyl/N-ethyl adjacent to an activating group) is 1. The molecule has 0 saturated heterocycles. The van der Waals surface area contributed by atoms with Gasteiger partial charge in [-0.05, 0) is 40.9 Å². The highest BCUT2D eigenvalue weighted by Crippen LogP contribution is 2.38. The highest BCUT2D eigenvalue weighted by Gasteiger charge is 2.38. The van der Waals surface area contributed by atoms with E-state index in [0.29, 0.717) is 4.88 Å². The highest BCUT2D eigenvalue weighted by atomic mass is 32.1. The second-order valence-corrected chi connectivity index (χ2v) is 6.56. The van der Waals surface area contributed by atoms with Crippen LogP contribution in [0.1, 0.15) is 43.1 Å². The van der Waals surface area contributed by atoms with Gasteiger partial charge in [-0.2, -0.15) is 13.2 Å². The molecule has 0 aliphatic rings. The first-order valence-corrected chi connectivity index (χ1v) is 7.36. The van der Waals surface area contributed by atoms with Crippen molar-refractivity contribution < 1.29 is 13.2 Å². The summed E-state index contributed by atoms with van der Waals surface area (Å²) in [5, 5.41) is 2.55. The van der Waals surface area contributed by atoms with E-state index in [4.69, 9.17) is 0 Å². The first kappa shape index (κ1) is 17.4. The zero-order valence-corrected chi connectivity index (χ0v) is 13.3. The molecule has 0 aliphatic heterocycles. The van der Waals surface area contributed by atoms with Crippen molar-refractivity contribution in [2.24, 2.45) is 0 Å². The summed E-state index contributed by atoms with van der Waals surface area (Å²) in [7, 11) is 3.85. The van der Waals surface area contributed by atoms with Crippen molar-refractivity contribution in [1.29, 1.82) is 0 Å². The molecule has 1 unspecified atom stereocenters. The van der Waals surface area contributed by atoms with Gasteiger partial charge in [0.25, 0.3) is 0 Å². The summed E-state index contributed by atoms with van der Waals surface area (Å²) in [5.74, 6) is 0. The van der Waals surface area contributed by atoms with Crippen molar-refractivity contribution in [2.45, 2.75) is 44.9 Å². The van der Waals surface area contributed by atoms with Gasteiger partial charge in [0.1, 0.15) is 0 Å². The van der Waals surface area contributed by atoms with Gasteiger partial charge in [-0.3, -0.25) is 0 Å². The van der Waals surface area contributed by atoms with Crippen LogP contribution in [0.5, 0.6) is 0 Å². The van der Waals surface area contributed by atoms with Crippen LogP contribution in [-0.2, 0) is 6.18 Å². The van der Waals surface area contributed by atoms with E-state index in [-0.39, 0.29) is 11.6 Å². The van der Waals surface area contributed by atoms with Gasteiger partial charge < -0.3 is 10.2 Å². The molecule has 20 heavy (non-hydrogen) atoms. The second kappa shape index (κ2) is 6.41. The topological polar surface area (TPSA) is 28.2 Å². The summed E-state index contributed by atoms with van der Waals surface area (Å²) in [6, 6.07) is -0.189. The first-order valence-electron chi connectivity index (χ1n) is 6.54. The number of halogens is 3. The molecule has 1 heterocycles. The minimum Gasteiger partial charge on any atom is -0.308 e. The maximum absolute atomic E-state index is 12.7. The Hall–Kier alpha value is -0.660. The third-order valence-electron chi connectivity index (χ3n) is 3.51. The third kappa shape index (κ3) is 3.93. The minimum absolute atomic E-state index is 0.189. The van der Waals surface area contributed by atoms with E-state index in [2.05, 4.69) is 10.3 Å². The zero-order valence-electron chi connectivity index (χ0n) is 12.5. The SMILES string of the molecule is CCCNC(c1cnc(C(F)(F)F)s1)C(C)(C)N(C)C. The fraction of sp³-hybridized carbons (Fsp3) is 0.769. The van der Waals surface area contributed by atoms with Gasteiger partial charge in [0.05, 0.1) is 6.04 Å². The van der Waals surface area contributed by atoms with Crippen LogP contribution >= 0.6 is 11.3 Å². The summed E-state index contributed by atoms with van der Waals surface area (Å²) >= 11 is 0.717. The second-order valence-electron chi connectivity index (χ2n) is 5.50. The zero-order chi connectivity index (χ0) is 15.6. The Morgan fingerprint density at radius 1 is 1.35 bits per heavy atom. The molecule has 0 fully saturated rings. The van der Waals surface area contributed by atoms with Gasteiger partial charge in [-0.15, -0.1) is 11.3 Å². The summed E-state index contributed by atoms with van der Waals surface area (Å²) in [6.45, 7) is 6.79. The minimum atomic E-state index is -4.37. The average Bonchev–Trinajstić information content (AvgIpc) is 2.78. The van der Waals surface area contributed by atoms with Crippen molar-refractivity contribution in [2.75, 3.05) is 20.6 Å². The number of hydrogen-bond acceptors (Lipinski definition) is 4. The average molecular weight is 309 g/mol. The Labute approximate surface area is 122 Å². The molecule has 0 aromatic carbocycles. The normalized spacial score (nSPS) is 14.8. The quantitative estimate of drug-likeness (QED) is 0.871. The Bertz CT molecular complexity index is 427. The van der Waals surface area contributed by atoms with Crippen LogP contribution in [0, 0.1) is 0 Å².